The fourth-order valence-electron chi connectivity index (χ4n) is 0.783. The largest absolute Gasteiger partial charge is 0.377 e. The molecule has 0 spiro atoms. The normalized spacial score (nSPS) is 13.8. The van der Waals surface area contributed by atoms with Crippen molar-refractivity contribution < 1.29 is 4.74 Å². The van der Waals surface area contributed by atoms with E-state index in [4.69, 9.17) is 10.6 Å². The second kappa shape index (κ2) is 7.86. The Morgan fingerprint density at radius 3 is 2.58 bits per heavy atom. The van der Waals surface area contributed by atoms with Crippen molar-refractivity contribution in [2.75, 3.05) is 18.6 Å². The molecule has 0 aliphatic carbocycles. The third-order valence-corrected chi connectivity index (χ3v) is 2.18. The van der Waals surface area contributed by atoms with Crippen LogP contribution in [0.15, 0.2) is 0 Å². The molecule has 1 atom stereocenters. The van der Waals surface area contributed by atoms with Crippen molar-refractivity contribution >= 4 is 11.8 Å². The van der Waals surface area contributed by atoms with Crippen LogP contribution in [-0.4, -0.2) is 30.8 Å². The Hall–Kier alpha value is 0.230. The number of rotatable bonds is 7. The smallest absolute Gasteiger partial charge is 0.0636 e. The third kappa shape index (κ3) is 6.91. The molecule has 3 N–H and O–H groups in total. The molecule has 0 radical (unpaired) electrons. The maximum Gasteiger partial charge on any atom is 0.0636 e. The zero-order valence-electron chi connectivity index (χ0n) is 8.17. The third-order valence-electron chi connectivity index (χ3n) is 1.54. The van der Waals surface area contributed by atoms with E-state index in [1.807, 2.05) is 25.6 Å². The second-order valence-corrected chi connectivity index (χ2v) is 4.01. The number of hydrazine groups is 1. The highest BCUT2D eigenvalue weighted by atomic mass is 32.2. The maximum atomic E-state index is 5.44. The van der Waals surface area contributed by atoms with E-state index in [2.05, 4.69) is 11.7 Å². The minimum Gasteiger partial charge on any atom is -0.377 e. The van der Waals surface area contributed by atoms with Gasteiger partial charge < -0.3 is 4.74 Å². The van der Waals surface area contributed by atoms with Gasteiger partial charge in [0.25, 0.3) is 0 Å². The minimum atomic E-state index is 0.287. The van der Waals surface area contributed by atoms with E-state index < -0.39 is 0 Å². The van der Waals surface area contributed by atoms with Gasteiger partial charge in [-0.15, -0.1) is 0 Å². The van der Waals surface area contributed by atoms with Gasteiger partial charge >= 0.3 is 0 Å². The van der Waals surface area contributed by atoms with Crippen LogP contribution in [0, 0.1) is 0 Å². The summed E-state index contributed by atoms with van der Waals surface area (Å²) >= 11 is 1.83. The lowest BCUT2D eigenvalue weighted by atomic mass is 10.2. The van der Waals surface area contributed by atoms with Crippen LogP contribution in [-0.2, 0) is 4.74 Å². The molecule has 0 aromatic carbocycles. The van der Waals surface area contributed by atoms with Gasteiger partial charge in [-0.05, 0) is 32.3 Å². The summed E-state index contributed by atoms with van der Waals surface area (Å²) in [4.78, 5) is 0. The average molecular weight is 192 g/mol. The first-order valence-electron chi connectivity index (χ1n) is 4.27. The van der Waals surface area contributed by atoms with Gasteiger partial charge in [-0.3, -0.25) is 11.3 Å². The highest BCUT2D eigenvalue weighted by Crippen LogP contribution is 2.01. The van der Waals surface area contributed by atoms with Gasteiger partial charge in [-0.2, -0.15) is 11.8 Å². The van der Waals surface area contributed by atoms with Gasteiger partial charge in [-0.1, -0.05) is 0 Å². The van der Waals surface area contributed by atoms with Crippen LogP contribution in [0.2, 0.25) is 0 Å². The molecule has 1 unspecified atom stereocenters. The van der Waals surface area contributed by atoms with E-state index in [0.717, 1.165) is 12.2 Å². The number of hydrogen-bond donors (Lipinski definition) is 2. The lowest BCUT2D eigenvalue weighted by molar-refractivity contribution is 0.0608. The summed E-state index contributed by atoms with van der Waals surface area (Å²) in [5.74, 6) is 6.48. The van der Waals surface area contributed by atoms with Gasteiger partial charge in [-0.25, -0.2) is 0 Å². The maximum absolute atomic E-state index is 5.44. The standard InChI is InChI=1S/C8H20N2OS/c1-7(2)11-6-8(10-9)4-5-12-3/h7-8,10H,4-6,9H2,1-3H3. The molecule has 0 bridgehead atoms. The molecule has 0 saturated heterocycles. The summed E-state index contributed by atoms with van der Waals surface area (Å²) in [6.45, 7) is 4.76. The van der Waals surface area contributed by atoms with E-state index in [-0.39, 0.29) is 6.10 Å². The fourth-order valence-corrected chi connectivity index (χ4v) is 1.30. The Kier molecular flexibility index (Phi) is 8.01. The molecular weight excluding hydrogens is 172 g/mol. The van der Waals surface area contributed by atoms with Crippen LogP contribution >= 0.6 is 11.8 Å². The molecule has 0 rings (SSSR count). The Balaban J connectivity index is 3.39. The molecule has 0 aliphatic rings. The molecule has 4 heteroatoms. The lowest BCUT2D eigenvalue weighted by Crippen LogP contribution is -2.39. The summed E-state index contributed by atoms with van der Waals surface area (Å²) in [5.41, 5.74) is 2.75. The molecule has 0 aliphatic heterocycles. The zero-order chi connectivity index (χ0) is 9.40. The Morgan fingerprint density at radius 1 is 1.50 bits per heavy atom. The first-order chi connectivity index (χ1) is 5.70. The van der Waals surface area contributed by atoms with Crippen LogP contribution in [0.3, 0.4) is 0 Å². The number of nitrogens with one attached hydrogen (secondary N) is 1. The molecule has 74 valence electrons. The first-order valence-corrected chi connectivity index (χ1v) is 5.66. The van der Waals surface area contributed by atoms with Crippen molar-refractivity contribution in [1.29, 1.82) is 0 Å². The van der Waals surface area contributed by atoms with Crippen molar-refractivity contribution in [2.24, 2.45) is 5.84 Å². The zero-order valence-corrected chi connectivity index (χ0v) is 8.99. The first kappa shape index (κ1) is 12.2. The molecule has 3 nitrogen and oxygen atoms in total. The fraction of sp³-hybridized carbons (Fsp3) is 1.00. The van der Waals surface area contributed by atoms with Gasteiger partial charge in [0, 0.05) is 6.04 Å². The summed E-state index contributed by atoms with van der Waals surface area (Å²) < 4.78 is 5.44. The summed E-state index contributed by atoms with van der Waals surface area (Å²) in [7, 11) is 0. The number of thioether (sulfide) groups is 1. The quantitative estimate of drug-likeness (QED) is 0.466. The van der Waals surface area contributed by atoms with E-state index >= 15 is 0 Å². The molecule has 0 heterocycles. The predicted molar refractivity (Wildman–Crippen MR) is 55.2 cm³/mol. The highest BCUT2D eigenvalue weighted by molar-refractivity contribution is 7.98. The summed E-state index contributed by atoms with van der Waals surface area (Å²) in [6.07, 6.45) is 3.44. The lowest BCUT2D eigenvalue weighted by Gasteiger charge is -2.16. The summed E-state index contributed by atoms with van der Waals surface area (Å²) in [6, 6.07) is 0.292. The number of ether oxygens (including phenoxy) is 1. The Morgan fingerprint density at radius 2 is 2.17 bits per heavy atom. The van der Waals surface area contributed by atoms with Crippen LogP contribution in [0.1, 0.15) is 20.3 Å². The van der Waals surface area contributed by atoms with Crippen molar-refractivity contribution in [3.05, 3.63) is 0 Å². The Bertz CT molecular complexity index is 101. The molecular formula is C8H20N2OS. The number of hydrogen-bond acceptors (Lipinski definition) is 4. The molecule has 0 amide bonds. The topological polar surface area (TPSA) is 47.3 Å². The van der Waals surface area contributed by atoms with Crippen molar-refractivity contribution in [3.63, 3.8) is 0 Å². The highest BCUT2D eigenvalue weighted by Gasteiger charge is 2.06. The molecule has 0 aromatic rings. The van der Waals surface area contributed by atoms with Crippen molar-refractivity contribution in [1.82, 2.24) is 5.43 Å². The molecule has 0 aromatic heterocycles. The van der Waals surface area contributed by atoms with Gasteiger partial charge in [0.15, 0.2) is 0 Å². The van der Waals surface area contributed by atoms with Crippen LogP contribution < -0.4 is 11.3 Å². The van der Waals surface area contributed by atoms with Gasteiger partial charge in [0.1, 0.15) is 0 Å². The summed E-state index contributed by atoms with van der Waals surface area (Å²) in [5, 5.41) is 0. The Labute approximate surface area is 79.4 Å². The molecule has 0 fully saturated rings. The second-order valence-electron chi connectivity index (χ2n) is 3.03. The predicted octanol–water partition coefficient (Wildman–Crippen LogP) is 0.996. The number of nitrogens with two attached hydrogens (primary N) is 1. The van der Waals surface area contributed by atoms with Gasteiger partial charge in [0.05, 0.1) is 12.7 Å². The monoisotopic (exact) mass is 192 g/mol. The van der Waals surface area contributed by atoms with Gasteiger partial charge in [0.2, 0.25) is 0 Å². The average Bonchev–Trinajstić information content (AvgIpc) is 2.05. The van der Waals surface area contributed by atoms with Crippen molar-refractivity contribution in [2.45, 2.75) is 32.4 Å². The molecule has 12 heavy (non-hydrogen) atoms. The minimum absolute atomic E-state index is 0.287. The van der Waals surface area contributed by atoms with E-state index in [9.17, 15) is 0 Å². The molecule has 0 saturated carbocycles. The van der Waals surface area contributed by atoms with E-state index in [0.29, 0.717) is 12.6 Å². The van der Waals surface area contributed by atoms with E-state index in [1.54, 1.807) is 0 Å². The van der Waals surface area contributed by atoms with Crippen LogP contribution in [0.25, 0.3) is 0 Å². The van der Waals surface area contributed by atoms with Crippen molar-refractivity contribution in [3.8, 4) is 0 Å². The SMILES string of the molecule is CSCCC(COC(C)C)NN. The van der Waals surface area contributed by atoms with E-state index in [1.165, 1.54) is 0 Å². The van der Waals surface area contributed by atoms with Crippen LogP contribution in [0.4, 0.5) is 0 Å². The van der Waals surface area contributed by atoms with Crippen LogP contribution in [0.5, 0.6) is 0 Å².